The van der Waals surface area contributed by atoms with E-state index in [1.165, 1.54) is 6.07 Å². The largest absolute Gasteiger partial charge is 0.385 e. The summed E-state index contributed by atoms with van der Waals surface area (Å²) in [5.74, 6) is -0.328. The van der Waals surface area contributed by atoms with Crippen LogP contribution in [-0.4, -0.2) is 18.6 Å². The number of fused-ring (bicyclic) bond motifs is 1. The zero-order valence-corrected chi connectivity index (χ0v) is 11.8. The number of nitrogens with one attached hydrogen (secondary N) is 1. The molecule has 0 radical (unpaired) electrons. The highest BCUT2D eigenvalue weighted by molar-refractivity contribution is 9.10. The first-order valence-electron chi connectivity index (χ1n) is 5.67. The van der Waals surface area contributed by atoms with E-state index in [2.05, 4.69) is 26.2 Å². The van der Waals surface area contributed by atoms with Gasteiger partial charge in [0.25, 0.3) is 0 Å². The normalized spacial score (nSPS) is 10.9. The van der Waals surface area contributed by atoms with Crippen LogP contribution in [0.2, 0.25) is 0 Å². The van der Waals surface area contributed by atoms with Gasteiger partial charge >= 0.3 is 0 Å². The van der Waals surface area contributed by atoms with Gasteiger partial charge in [-0.2, -0.15) is 0 Å². The van der Waals surface area contributed by atoms with E-state index in [1.54, 1.807) is 13.2 Å². The average Bonchev–Trinajstić information content (AvgIpc) is 2.34. The standard InChI is InChI=1S/C13H14BrFN2O/c1-3-16-11-6-8(7-18-2)17-13-10(15)5-4-9(14)12(11)13/h4-6H,3,7H2,1-2H3,(H,16,17). The zero-order valence-electron chi connectivity index (χ0n) is 10.3. The molecule has 0 bridgehead atoms. The van der Waals surface area contributed by atoms with Gasteiger partial charge in [0.1, 0.15) is 11.3 Å². The number of anilines is 1. The van der Waals surface area contributed by atoms with E-state index in [0.29, 0.717) is 17.8 Å². The molecule has 2 rings (SSSR count). The second-order valence-electron chi connectivity index (χ2n) is 3.88. The smallest absolute Gasteiger partial charge is 0.149 e. The molecular weight excluding hydrogens is 299 g/mol. The Hall–Kier alpha value is -1.20. The molecule has 0 aliphatic rings. The van der Waals surface area contributed by atoms with Crippen LogP contribution in [0.3, 0.4) is 0 Å². The van der Waals surface area contributed by atoms with Crippen molar-refractivity contribution in [2.75, 3.05) is 19.0 Å². The van der Waals surface area contributed by atoms with Crippen LogP contribution in [0.1, 0.15) is 12.6 Å². The maximum atomic E-state index is 13.9. The van der Waals surface area contributed by atoms with Gasteiger partial charge in [0, 0.05) is 29.2 Å². The topological polar surface area (TPSA) is 34.1 Å². The molecule has 1 N–H and O–H groups in total. The highest BCUT2D eigenvalue weighted by Gasteiger charge is 2.12. The molecule has 0 amide bonds. The second kappa shape index (κ2) is 5.63. The predicted octanol–water partition coefficient (Wildman–Crippen LogP) is 3.71. The van der Waals surface area contributed by atoms with Crippen LogP contribution in [0, 0.1) is 5.82 Å². The van der Waals surface area contributed by atoms with E-state index in [4.69, 9.17) is 4.74 Å². The van der Waals surface area contributed by atoms with Gasteiger partial charge in [0.2, 0.25) is 0 Å². The highest BCUT2D eigenvalue weighted by atomic mass is 79.9. The molecule has 18 heavy (non-hydrogen) atoms. The lowest BCUT2D eigenvalue weighted by Crippen LogP contribution is -2.02. The number of halogens is 2. The number of pyridine rings is 1. The third-order valence-electron chi connectivity index (χ3n) is 2.57. The van der Waals surface area contributed by atoms with Crippen LogP contribution in [0.25, 0.3) is 10.9 Å². The molecule has 1 aromatic heterocycles. The Balaban J connectivity index is 2.72. The number of methoxy groups -OCH3 is 1. The molecule has 3 nitrogen and oxygen atoms in total. The Morgan fingerprint density at radius 1 is 1.44 bits per heavy atom. The van der Waals surface area contributed by atoms with Gasteiger partial charge in [-0.25, -0.2) is 9.37 Å². The van der Waals surface area contributed by atoms with Crippen LogP contribution < -0.4 is 5.32 Å². The van der Waals surface area contributed by atoms with Gasteiger partial charge in [-0.05, 0) is 25.1 Å². The molecule has 0 saturated heterocycles. The summed E-state index contributed by atoms with van der Waals surface area (Å²) in [4.78, 5) is 4.30. The van der Waals surface area contributed by atoms with Gasteiger partial charge < -0.3 is 10.1 Å². The quantitative estimate of drug-likeness (QED) is 0.934. The first-order valence-corrected chi connectivity index (χ1v) is 6.47. The number of hydrogen-bond donors (Lipinski definition) is 1. The molecule has 2 aromatic rings. The first-order chi connectivity index (χ1) is 8.67. The number of benzene rings is 1. The number of hydrogen-bond acceptors (Lipinski definition) is 3. The van der Waals surface area contributed by atoms with E-state index >= 15 is 0 Å². The van der Waals surface area contributed by atoms with Crippen molar-refractivity contribution in [1.82, 2.24) is 4.98 Å². The highest BCUT2D eigenvalue weighted by Crippen LogP contribution is 2.32. The van der Waals surface area contributed by atoms with Crippen molar-refractivity contribution in [2.24, 2.45) is 0 Å². The maximum absolute atomic E-state index is 13.9. The Labute approximate surface area is 113 Å². The third kappa shape index (κ3) is 2.47. The van der Waals surface area contributed by atoms with Crippen LogP contribution in [-0.2, 0) is 11.3 Å². The fourth-order valence-electron chi connectivity index (χ4n) is 1.87. The van der Waals surface area contributed by atoms with E-state index < -0.39 is 0 Å². The van der Waals surface area contributed by atoms with E-state index in [-0.39, 0.29) is 5.82 Å². The zero-order chi connectivity index (χ0) is 13.1. The molecule has 5 heteroatoms. The van der Waals surface area contributed by atoms with Gasteiger partial charge in [-0.15, -0.1) is 0 Å². The maximum Gasteiger partial charge on any atom is 0.149 e. The third-order valence-corrected chi connectivity index (χ3v) is 3.23. The molecule has 1 heterocycles. The summed E-state index contributed by atoms with van der Waals surface area (Å²) in [6, 6.07) is 4.99. The minimum atomic E-state index is -0.328. The number of nitrogens with zero attached hydrogens (tertiary/aromatic N) is 1. The van der Waals surface area contributed by atoms with Gasteiger partial charge in [-0.1, -0.05) is 15.9 Å². The number of rotatable bonds is 4. The van der Waals surface area contributed by atoms with E-state index in [0.717, 1.165) is 22.1 Å². The lowest BCUT2D eigenvalue weighted by molar-refractivity contribution is 0.182. The lowest BCUT2D eigenvalue weighted by Gasteiger charge is -2.12. The van der Waals surface area contributed by atoms with Crippen LogP contribution in [0.4, 0.5) is 10.1 Å². The summed E-state index contributed by atoms with van der Waals surface area (Å²) >= 11 is 3.44. The molecule has 96 valence electrons. The van der Waals surface area contributed by atoms with E-state index in [1.807, 2.05) is 13.0 Å². The Morgan fingerprint density at radius 3 is 2.89 bits per heavy atom. The lowest BCUT2D eigenvalue weighted by atomic mass is 10.1. The van der Waals surface area contributed by atoms with Crippen molar-refractivity contribution in [3.63, 3.8) is 0 Å². The van der Waals surface area contributed by atoms with Crippen molar-refractivity contribution >= 4 is 32.5 Å². The number of aromatic nitrogens is 1. The summed E-state index contributed by atoms with van der Waals surface area (Å²) in [5.41, 5.74) is 1.92. The van der Waals surface area contributed by atoms with E-state index in [9.17, 15) is 4.39 Å². The van der Waals surface area contributed by atoms with Crippen molar-refractivity contribution in [3.8, 4) is 0 Å². The Kier molecular flexibility index (Phi) is 4.14. The molecule has 0 fully saturated rings. The average molecular weight is 313 g/mol. The van der Waals surface area contributed by atoms with Crippen molar-refractivity contribution < 1.29 is 9.13 Å². The molecule has 1 aromatic carbocycles. The van der Waals surface area contributed by atoms with Gasteiger partial charge in [0.05, 0.1) is 12.3 Å². The van der Waals surface area contributed by atoms with Crippen molar-refractivity contribution in [1.29, 1.82) is 0 Å². The summed E-state index contributed by atoms with van der Waals surface area (Å²) in [5, 5.41) is 3.99. The minimum Gasteiger partial charge on any atom is -0.385 e. The predicted molar refractivity (Wildman–Crippen MR) is 74.3 cm³/mol. The SMILES string of the molecule is CCNc1cc(COC)nc2c(F)ccc(Br)c12. The van der Waals surface area contributed by atoms with Crippen molar-refractivity contribution in [2.45, 2.75) is 13.5 Å². The Morgan fingerprint density at radius 2 is 2.22 bits per heavy atom. The van der Waals surface area contributed by atoms with Gasteiger partial charge in [0.15, 0.2) is 0 Å². The Bertz CT molecular complexity index is 574. The molecule has 0 atom stereocenters. The van der Waals surface area contributed by atoms with Crippen molar-refractivity contribution in [3.05, 3.63) is 34.2 Å². The van der Waals surface area contributed by atoms with Gasteiger partial charge in [-0.3, -0.25) is 0 Å². The number of ether oxygens (including phenoxy) is 1. The summed E-state index contributed by atoms with van der Waals surface area (Å²) in [6.07, 6.45) is 0. The fraction of sp³-hybridized carbons (Fsp3) is 0.308. The van der Waals surface area contributed by atoms with Crippen LogP contribution in [0.5, 0.6) is 0 Å². The molecule has 0 aliphatic heterocycles. The molecule has 0 saturated carbocycles. The molecule has 0 unspecified atom stereocenters. The first kappa shape index (κ1) is 13.2. The summed E-state index contributed by atoms with van der Waals surface area (Å²) in [7, 11) is 1.59. The molecule has 0 aliphatic carbocycles. The molecular formula is C13H14BrFN2O. The molecule has 0 spiro atoms. The second-order valence-corrected chi connectivity index (χ2v) is 4.73. The van der Waals surface area contributed by atoms with Crippen LogP contribution in [0.15, 0.2) is 22.7 Å². The summed E-state index contributed by atoms with van der Waals surface area (Å²) in [6.45, 7) is 3.12. The minimum absolute atomic E-state index is 0.328. The van der Waals surface area contributed by atoms with Crippen LogP contribution >= 0.6 is 15.9 Å². The fourth-order valence-corrected chi connectivity index (χ4v) is 2.41. The monoisotopic (exact) mass is 312 g/mol. The summed E-state index contributed by atoms with van der Waals surface area (Å²) < 4.78 is 19.7.